The van der Waals surface area contributed by atoms with Crippen LogP contribution in [0, 0.1) is 0 Å². The van der Waals surface area contributed by atoms with Gasteiger partial charge < -0.3 is 4.90 Å². The molecule has 0 aliphatic carbocycles. The van der Waals surface area contributed by atoms with Crippen LogP contribution in [0.2, 0.25) is 0 Å². The molecule has 0 radical (unpaired) electrons. The molecule has 0 spiro atoms. The van der Waals surface area contributed by atoms with Gasteiger partial charge in [0.1, 0.15) is 11.4 Å². The molecule has 4 heterocycles. The SMILES string of the molecule is Cn1nc2c(c1-c1ccccc1)CCN(C(=O)c1cc(-c3ccccn3)n[nH]1)CC2. The van der Waals surface area contributed by atoms with Crippen molar-refractivity contribution in [1.29, 1.82) is 0 Å². The Balaban J connectivity index is 1.37. The van der Waals surface area contributed by atoms with E-state index in [0.717, 1.165) is 35.5 Å². The molecule has 1 aliphatic heterocycles. The summed E-state index contributed by atoms with van der Waals surface area (Å²) in [5.41, 5.74) is 6.50. The van der Waals surface area contributed by atoms with E-state index in [4.69, 9.17) is 5.10 Å². The molecule has 5 rings (SSSR count). The fourth-order valence-corrected chi connectivity index (χ4v) is 4.09. The lowest BCUT2D eigenvalue weighted by atomic mass is 10.0. The Labute approximate surface area is 174 Å². The lowest BCUT2D eigenvalue weighted by Crippen LogP contribution is -2.33. The van der Waals surface area contributed by atoms with Gasteiger partial charge in [-0.05, 0) is 24.6 Å². The number of benzene rings is 1. The maximum Gasteiger partial charge on any atom is 0.271 e. The van der Waals surface area contributed by atoms with Gasteiger partial charge in [-0.1, -0.05) is 36.4 Å². The van der Waals surface area contributed by atoms with Gasteiger partial charge in [0.25, 0.3) is 5.91 Å². The molecule has 150 valence electrons. The fourth-order valence-electron chi connectivity index (χ4n) is 4.09. The van der Waals surface area contributed by atoms with Crippen LogP contribution in [-0.2, 0) is 19.9 Å². The molecule has 0 bridgehead atoms. The monoisotopic (exact) mass is 398 g/mol. The normalized spacial score (nSPS) is 13.7. The molecule has 0 unspecified atom stereocenters. The average molecular weight is 398 g/mol. The minimum atomic E-state index is -0.0412. The van der Waals surface area contributed by atoms with E-state index >= 15 is 0 Å². The van der Waals surface area contributed by atoms with Crippen LogP contribution in [0.3, 0.4) is 0 Å². The van der Waals surface area contributed by atoms with Gasteiger partial charge in [-0.25, -0.2) is 0 Å². The van der Waals surface area contributed by atoms with Crippen LogP contribution in [0.15, 0.2) is 60.8 Å². The number of pyridine rings is 1. The number of nitrogens with one attached hydrogen (secondary N) is 1. The topological polar surface area (TPSA) is 79.7 Å². The van der Waals surface area contributed by atoms with Crippen molar-refractivity contribution in [3.8, 4) is 22.6 Å². The van der Waals surface area contributed by atoms with Crippen LogP contribution in [0.4, 0.5) is 0 Å². The minimum Gasteiger partial charge on any atom is -0.337 e. The first kappa shape index (κ1) is 18.3. The van der Waals surface area contributed by atoms with Gasteiger partial charge >= 0.3 is 0 Å². The van der Waals surface area contributed by atoms with Crippen molar-refractivity contribution >= 4 is 5.91 Å². The number of fused-ring (bicyclic) bond motifs is 1. The van der Waals surface area contributed by atoms with Crippen LogP contribution in [0.1, 0.15) is 21.7 Å². The molecule has 3 aromatic heterocycles. The van der Waals surface area contributed by atoms with E-state index in [0.29, 0.717) is 24.5 Å². The third kappa shape index (κ3) is 3.28. The summed E-state index contributed by atoms with van der Waals surface area (Å²) in [6.45, 7) is 1.28. The predicted molar refractivity (Wildman–Crippen MR) is 114 cm³/mol. The van der Waals surface area contributed by atoms with E-state index in [1.165, 1.54) is 5.56 Å². The number of aromatic nitrogens is 5. The molecule has 0 atom stereocenters. The number of amides is 1. The Morgan fingerprint density at radius 3 is 2.60 bits per heavy atom. The zero-order valence-corrected chi connectivity index (χ0v) is 16.7. The highest BCUT2D eigenvalue weighted by Gasteiger charge is 2.26. The summed E-state index contributed by atoms with van der Waals surface area (Å²) < 4.78 is 1.96. The lowest BCUT2D eigenvalue weighted by Gasteiger charge is -2.19. The zero-order chi connectivity index (χ0) is 20.5. The number of hydrogen-bond donors (Lipinski definition) is 1. The summed E-state index contributed by atoms with van der Waals surface area (Å²) in [6, 6.07) is 17.7. The van der Waals surface area contributed by atoms with Crippen molar-refractivity contribution in [3.63, 3.8) is 0 Å². The van der Waals surface area contributed by atoms with E-state index in [9.17, 15) is 4.79 Å². The van der Waals surface area contributed by atoms with Gasteiger partial charge in [0.05, 0.1) is 17.1 Å². The molecule has 7 nitrogen and oxygen atoms in total. The molecule has 1 aromatic carbocycles. The predicted octanol–water partition coefficient (Wildman–Crippen LogP) is 3.11. The molecule has 0 fully saturated rings. The molecule has 0 saturated carbocycles. The number of carbonyl (C=O) groups is 1. The Morgan fingerprint density at radius 1 is 1.00 bits per heavy atom. The summed E-state index contributed by atoms with van der Waals surface area (Å²) in [5.74, 6) is -0.0412. The maximum absolute atomic E-state index is 13.1. The Morgan fingerprint density at radius 2 is 1.80 bits per heavy atom. The number of nitrogens with zero attached hydrogens (tertiary/aromatic N) is 5. The number of rotatable bonds is 3. The van der Waals surface area contributed by atoms with Gasteiger partial charge in [0.15, 0.2) is 0 Å². The summed E-state index contributed by atoms with van der Waals surface area (Å²) >= 11 is 0. The van der Waals surface area contributed by atoms with Crippen molar-refractivity contribution in [2.45, 2.75) is 12.8 Å². The van der Waals surface area contributed by atoms with Crippen molar-refractivity contribution in [2.75, 3.05) is 13.1 Å². The highest BCUT2D eigenvalue weighted by Crippen LogP contribution is 2.28. The third-order valence-electron chi connectivity index (χ3n) is 5.55. The molecule has 30 heavy (non-hydrogen) atoms. The van der Waals surface area contributed by atoms with E-state index in [2.05, 4.69) is 27.3 Å². The lowest BCUT2D eigenvalue weighted by molar-refractivity contribution is 0.0757. The van der Waals surface area contributed by atoms with Gasteiger partial charge in [-0.2, -0.15) is 10.2 Å². The number of aromatic amines is 1. The van der Waals surface area contributed by atoms with Gasteiger partial charge in [0.2, 0.25) is 0 Å². The largest absolute Gasteiger partial charge is 0.337 e. The Bertz CT molecular complexity index is 1180. The standard InChI is InChI=1S/C23H22N6O/c1-28-22(16-7-3-2-4-8-16)17-10-13-29(14-11-18(17)27-28)23(30)21-15-20(25-26-21)19-9-5-6-12-24-19/h2-9,12,15H,10-11,13-14H2,1H3,(H,25,26). The van der Waals surface area contributed by atoms with Crippen LogP contribution in [0.5, 0.6) is 0 Å². The zero-order valence-electron chi connectivity index (χ0n) is 16.7. The Kier molecular flexibility index (Phi) is 4.63. The molecule has 0 saturated heterocycles. The Hall–Kier alpha value is -3.74. The molecule has 4 aromatic rings. The summed E-state index contributed by atoms with van der Waals surface area (Å²) in [7, 11) is 1.99. The van der Waals surface area contributed by atoms with Crippen LogP contribution in [0.25, 0.3) is 22.6 Å². The second-order valence-corrected chi connectivity index (χ2v) is 7.44. The third-order valence-corrected chi connectivity index (χ3v) is 5.55. The molecular weight excluding hydrogens is 376 g/mol. The molecular formula is C23H22N6O. The van der Waals surface area contributed by atoms with Crippen molar-refractivity contribution < 1.29 is 4.79 Å². The summed E-state index contributed by atoms with van der Waals surface area (Å²) in [4.78, 5) is 19.3. The molecule has 1 aliphatic rings. The smallest absolute Gasteiger partial charge is 0.271 e. The minimum absolute atomic E-state index is 0.0412. The maximum atomic E-state index is 13.1. The second kappa shape index (κ2) is 7.59. The average Bonchev–Trinajstić information content (AvgIpc) is 3.34. The first-order valence-corrected chi connectivity index (χ1v) is 10.1. The highest BCUT2D eigenvalue weighted by molar-refractivity contribution is 5.93. The molecule has 1 amide bonds. The second-order valence-electron chi connectivity index (χ2n) is 7.44. The van der Waals surface area contributed by atoms with Crippen molar-refractivity contribution in [3.05, 3.63) is 77.7 Å². The van der Waals surface area contributed by atoms with Crippen LogP contribution >= 0.6 is 0 Å². The van der Waals surface area contributed by atoms with E-state index < -0.39 is 0 Å². The number of aryl methyl sites for hydroxylation is 1. The van der Waals surface area contributed by atoms with Crippen molar-refractivity contribution in [2.24, 2.45) is 7.05 Å². The van der Waals surface area contributed by atoms with Gasteiger partial charge in [0, 0.05) is 43.9 Å². The van der Waals surface area contributed by atoms with Crippen LogP contribution in [-0.4, -0.2) is 48.9 Å². The molecule has 1 N–H and O–H groups in total. The van der Waals surface area contributed by atoms with Crippen LogP contribution < -0.4 is 0 Å². The number of carbonyl (C=O) groups excluding carboxylic acids is 1. The first-order chi connectivity index (χ1) is 14.7. The van der Waals surface area contributed by atoms with E-state index in [-0.39, 0.29) is 5.91 Å². The van der Waals surface area contributed by atoms with Gasteiger partial charge in [-0.15, -0.1) is 0 Å². The quantitative estimate of drug-likeness (QED) is 0.575. The first-order valence-electron chi connectivity index (χ1n) is 10.1. The van der Waals surface area contributed by atoms with E-state index in [1.807, 2.05) is 53.0 Å². The summed E-state index contributed by atoms with van der Waals surface area (Å²) in [6.07, 6.45) is 3.23. The summed E-state index contributed by atoms with van der Waals surface area (Å²) in [5, 5.41) is 11.9. The fraction of sp³-hybridized carbons (Fsp3) is 0.217. The van der Waals surface area contributed by atoms with E-state index in [1.54, 1.807) is 12.3 Å². The highest BCUT2D eigenvalue weighted by atomic mass is 16.2. The van der Waals surface area contributed by atoms with Crippen molar-refractivity contribution in [1.82, 2.24) is 29.9 Å². The van der Waals surface area contributed by atoms with Gasteiger partial charge in [-0.3, -0.25) is 19.6 Å². The molecule has 7 heteroatoms. The number of H-pyrrole nitrogens is 1. The number of hydrogen-bond acceptors (Lipinski definition) is 4.